The van der Waals surface area contributed by atoms with E-state index in [0.29, 0.717) is 24.5 Å². The third-order valence-electron chi connectivity index (χ3n) is 3.84. The van der Waals surface area contributed by atoms with E-state index in [2.05, 4.69) is 27.3 Å². The quantitative estimate of drug-likeness (QED) is 0.760. The second-order valence-electron chi connectivity index (χ2n) is 5.52. The Bertz CT molecular complexity index is 616. The van der Waals surface area contributed by atoms with Gasteiger partial charge in [-0.1, -0.05) is 0 Å². The molecule has 1 fully saturated rings. The molecule has 112 valence electrons. The van der Waals surface area contributed by atoms with Gasteiger partial charge in [0.2, 0.25) is 5.95 Å². The van der Waals surface area contributed by atoms with Gasteiger partial charge < -0.3 is 16.8 Å². The Morgan fingerprint density at radius 2 is 2.19 bits per heavy atom. The summed E-state index contributed by atoms with van der Waals surface area (Å²) in [4.78, 5) is 8.55. The van der Waals surface area contributed by atoms with E-state index in [-0.39, 0.29) is 0 Å². The molecule has 7 heteroatoms. The highest BCUT2D eigenvalue weighted by molar-refractivity contribution is 5.42. The fourth-order valence-corrected chi connectivity index (χ4v) is 2.55. The van der Waals surface area contributed by atoms with Gasteiger partial charge in [-0.2, -0.15) is 10.1 Å². The lowest BCUT2D eigenvalue weighted by molar-refractivity contribution is 0.345. The normalized spacial score (nSPS) is 21.0. The van der Waals surface area contributed by atoms with Crippen LogP contribution in [0.4, 0.5) is 11.8 Å². The molecule has 0 spiro atoms. The van der Waals surface area contributed by atoms with Crippen LogP contribution in [0.1, 0.15) is 36.9 Å². The first-order chi connectivity index (χ1) is 10.1. The number of nitrogens with zero attached hydrogens (tertiary/aromatic N) is 4. The van der Waals surface area contributed by atoms with E-state index in [0.717, 1.165) is 36.5 Å². The standard InChI is InChI=1S/C14H21N7/c1-2-21-8-9(7-18-21)6-17-13-5-12(19-14(16)20-13)10-3-11(15)4-10/h5,7-8,10-11H,2-4,6,15H2,1H3,(H3,16,17,19,20). The van der Waals surface area contributed by atoms with E-state index >= 15 is 0 Å². The summed E-state index contributed by atoms with van der Waals surface area (Å²) in [5.74, 6) is 1.47. The zero-order valence-corrected chi connectivity index (χ0v) is 12.2. The molecule has 2 aromatic heterocycles. The minimum atomic E-state index is 0.294. The summed E-state index contributed by atoms with van der Waals surface area (Å²) in [6.07, 6.45) is 5.81. The zero-order chi connectivity index (χ0) is 14.8. The van der Waals surface area contributed by atoms with Gasteiger partial charge in [-0.15, -0.1) is 0 Å². The predicted octanol–water partition coefficient (Wildman–Crippen LogP) is 1.09. The van der Waals surface area contributed by atoms with Crippen LogP contribution in [-0.2, 0) is 13.1 Å². The number of anilines is 2. The molecule has 7 nitrogen and oxygen atoms in total. The molecule has 1 saturated carbocycles. The molecule has 0 aromatic carbocycles. The minimum Gasteiger partial charge on any atom is -0.368 e. The molecule has 2 aromatic rings. The summed E-state index contributed by atoms with van der Waals surface area (Å²) in [5, 5.41) is 7.52. The van der Waals surface area contributed by atoms with Crippen molar-refractivity contribution in [1.29, 1.82) is 0 Å². The molecule has 21 heavy (non-hydrogen) atoms. The Morgan fingerprint density at radius 3 is 2.86 bits per heavy atom. The zero-order valence-electron chi connectivity index (χ0n) is 12.2. The van der Waals surface area contributed by atoms with Crippen LogP contribution in [0.25, 0.3) is 0 Å². The van der Waals surface area contributed by atoms with E-state index in [9.17, 15) is 0 Å². The first kappa shape index (κ1) is 13.8. The average Bonchev–Trinajstić information content (AvgIpc) is 2.89. The Balaban J connectivity index is 1.67. The molecule has 0 atom stereocenters. The number of rotatable bonds is 5. The molecular formula is C14H21N7. The van der Waals surface area contributed by atoms with Crippen molar-refractivity contribution in [1.82, 2.24) is 19.7 Å². The molecule has 0 amide bonds. The molecule has 0 bridgehead atoms. The van der Waals surface area contributed by atoms with E-state index in [4.69, 9.17) is 11.5 Å². The van der Waals surface area contributed by atoms with Crippen molar-refractivity contribution in [3.8, 4) is 0 Å². The fraction of sp³-hybridized carbons (Fsp3) is 0.500. The van der Waals surface area contributed by atoms with Crippen molar-refractivity contribution in [3.63, 3.8) is 0 Å². The predicted molar refractivity (Wildman–Crippen MR) is 81.6 cm³/mol. The third kappa shape index (κ3) is 3.13. The molecule has 0 saturated heterocycles. The molecule has 0 aliphatic heterocycles. The van der Waals surface area contributed by atoms with Crippen LogP contribution in [0.5, 0.6) is 0 Å². The summed E-state index contributed by atoms with van der Waals surface area (Å²) < 4.78 is 1.90. The first-order valence-electron chi connectivity index (χ1n) is 7.29. The van der Waals surface area contributed by atoms with Gasteiger partial charge in [-0.05, 0) is 19.8 Å². The van der Waals surface area contributed by atoms with Crippen molar-refractivity contribution in [2.24, 2.45) is 5.73 Å². The monoisotopic (exact) mass is 287 g/mol. The van der Waals surface area contributed by atoms with Gasteiger partial charge in [-0.25, -0.2) is 4.98 Å². The Morgan fingerprint density at radius 1 is 1.38 bits per heavy atom. The topological polar surface area (TPSA) is 108 Å². The lowest BCUT2D eigenvalue weighted by Crippen LogP contribution is -2.35. The Hall–Kier alpha value is -2.15. The molecule has 5 N–H and O–H groups in total. The second-order valence-corrected chi connectivity index (χ2v) is 5.52. The maximum absolute atomic E-state index is 5.83. The van der Waals surface area contributed by atoms with Crippen LogP contribution in [-0.4, -0.2) is 25.8 Å². The van der Waals surface area contributed by atoms with Crippen LogP contribution >= 0.6 is 0 Å². The molecule has 0 unspecified atom stereocenters. The molecule has 1 aliphatic rings. The summed E-state index contributed by atoms with van der Waals surface area (Å²) >= 11 is 0. The van der Waals surface area contributed by atoms with Crippen molar-refractivity contribution in [2.75, 3.05) is 11.1 Å². The van der Waals surface area contributed by atoms with Crippen LogP contribution in [0.15, 0.2) is 18.5 Å². The van der Waals surface area contributed by atoms with Gasteiger partial charge in [0.15, 0.2) is 0 Å². The van der Waals surface area contributed by atoms with E-state index < -0.39 is 0 Å². The van der Waals surface area contributed by atoms with Gasteiger partial charge in [0, 0.05) is 42.9 Å². The molecule has 3 rings (SSSR count). The maximum Gasteiger partial charge on any atom is 0.222 e. The third-order valence-corrected chi connectivity index (χ3v) is 3.84. The number of hydrogen-bond acceptors (Lipinski definition) is 6. The molecule has 1 aliphatic carbocycles. The summed E-state index contributed by atoms with van der Waals surface area (Å²) in [7, 11) is 0. The number of nitrogens with one attached hydrogen (secondary N) is 1. The first-order valence-corrected chi connectivity index (χ1v) is 7.29. The SMILES string of the molecule is CCn1cc(CNc2cc(C3CC(N)C3)nc(N)n2)cn1. The fourth-order valence-electron chi connectivity index (χ4n) is 2.55. The summed E-state index contributed by atoms with van der Waals surface area (Å²) in [6.45, 7) is 3.59. The van der Waals surface area contributed by atoms with Crippen molar-refractivity contribution >= 4 is 11.8 Å². The largest absolute Gasteiger partial charge is 0.368 e. The van der Waals surface area contributed by atoms with Crippen molar-refractivity contribution in [3.05, 3.63) is 29.7 Å². The lowest BCUT2D eigenvalue weighted by Gasteiger charge is -2.32. The number of nitrogens with two attached hydrogens (primary N) is 2. The average molecular weight is 287 g/mol. The van der Waals surface area contributed by atoms with Crippen molar-refractivity contribution < 1.29 is 0 Å². The second kappa shape index (κ2) is 5.69. The van der Waals surface area contributed by atoms with Gasteiger partial charge in [-0.3, -0.25) is 4.68 Å². The van der Waals surface area contributed by atoms with Gasteiger partial charge >= 0.3 is 0 Å². The molecular weight excluding hydrogens is 266 g/mol. The molecule has 0 radical (unpaired) electrons. The number of aryl methyl sites for hydroxylation is 1. The summed E-state index contributed by atoms with van der Waals surface area (Å²) in [6, 6.07) is 2.26. The Labute approximate surface area is 123 Å². The summed E-state index contributed by atoms with van der Waals surface area (Å²) in [5.41, 5.74) is 13.7. The smallest absolute Gasteiger partial charge is 0.222 e. The van der Waals surface area contributed by atoms with Gasteiger partial charge in [0.25, 0.3) is 0 Å². The highest BCUT2D eigenvalue weighted by Crippen LogP contribution is 2.35. The number of hydrogen-bond donors (Lipinski definition) is 3. The van der Waals surface area contributed by atoms with E-state index in [1.807, 2.05) is 23.1 Å². The van der Waals surface area contributed by atoms with E-state index in [1.165, 1.54) is 0 Å². The number of nitrogen functional groups attached to an aromatic ring is 1. The van der Waals surface area contributed by atoms with E-state index in [1.54, 1.807) is 0 Å². The van der Waals surface area contributed by atoms with Crippen LogP contribution in [0.2, 0.25) is 0 Å². The lowest BCUT2D eigenvalue weighted by atomic mass is 9.78. The van der Waals surface area contributed by atoms with Crippen LogP contribution in [0.3, 0.4) is 0 Å². The number of aromatic nitrogens is 4. The Kier molecular flexibility index (Phi) is 3.74. The van der Waals surface area contributed by atoms with Gasteiger partial charge in [0.05, 0.1) is 11.9 Å². The van der Waals surface area contributed by atoms with Crippen molar-refractivity contribution in [2.45, 2.75) is 44.8 Å². The maximum atomic E-state index is 5.83. The minimum absolute atomic E-state index is 0.294. The highest BCUT2D eigenvalue weighted by Gasteiger charge is 2.29. The highest BCUT2D eigenvalue weighted by atomic mass is 15.3. The van der Waals surface area contributed by atoms with Crippen LogP contribution in [0, 0.1) is 0 Å². The van der Waals surface area contributed by atoms with Gasteiger partial charge in [0.1, 0.15) is 5.82 Å². The molecule has 2 heterocycles. The van der Waals surface area contributed by atoms with Crippen LogP contribution < -0.4 is 16.8 Å².